The van der Waals surface area contributed by atoms with E-state index in [-0.39, 0.29) is 22.3 Å². The zero-order valence-corrected chi connectivity index (χ0v) is 20.6. The number of sulfonamides is 1. The maximum atomic E-state index is 12.9. The Kier molecular flexibility index (Phi) is 7.20. The lowest BCUT2D eigenvalue weighted by atomic mass is 10.1. The zero-order valence-electron chi connectivity index (χ0n) is 19.8. The van der Waals surface area contributed by atoms with E-state index in [1.54, 1.807) is 36.4 Å². The zero-order chi connectivity index (χ0) is 25.1. The van der Waals surface area contributed by atoms with Gasteiger partial charge in [-0.05, 0) is 68.1 Å². The van der Waals surface area contributed by atoms with Crippen molar-refractivity contribution in [2.45, 2.75) is 50.0 Å². The Labute approximate surface area is 204 Å². The lowest BCUT2D eigenvalue weighted by molar-refractivity contribution is -0.434. The number of anilines is 2. The molecule has 0 unspecified atom stereocenters. The summed E-state index contributed by atoms with van der Waals surface area (Å²) < 4.78 is 33.7. The molecule has 8 N–H and O–H groups in total. The summed E-state index contributed by atoms with van der Waals surface area (Å²) in [6.45, 7) is 2.80. The minimum absolute atomic E-state index is 0.0545. The molecule has 1 aliphatic rings. The Morgan fingerprint density at radius 2 is 1.86 bits per heavy atom. The van der Waals surface area contributed by atoms with Gasteiger partial charge in [-0.3, -0.25) is 9.52 Å². The predicted molar refractivity (Wildman–Crippen MR) is 130 cm³/mol. The summed E-state index contributed by atoms with van der Waals surface area (Å²) in [5, 5.41) is 6.87. The summed E-state index contributed by atoms with van der Waals surface area (Å²) in [5.74, 6) is 0.793. The van der Waals surface area contributed by atoms with Crippen LogP contribution in [-0.2, 0) is 14.8 Å². The Morgan fingerprint density at radius 3 is 2.54 bits per heavy atom. The van der Waals surface area contributed by atoms with Gasteiger partial charge in [0.2, 0.25) is 11.7 Å². The van der Waals surface area contributed by atoms with Crippen molar-refractivity contribution in [3.05, 3.63) is 54.4 Å². The van der Waals surface area contributed by atoms with Crippen molar-refractivity contribution >= 4 is 27.3 Å². The summed E-state index contributed by atoms with van der Waals surface area (Å²) in [7, 11) is -3.84. The molecule has 1 aliphatic carbocycles. The first kappa shape index (κ1) is 24.8. The standard InChI is InChI=1S/C24H30N6O4S/c1-24(12-13-24)23(31)27-17-5-4-6-18(15-17)30-35(32,33)19-10-8-16(9-11-19)21-28-22(34-29-21)20(26)7-2-3-14-25/h4-6,8-11,15,20,30H,2-3,7,12-14,25-26H2,1H3,(H,27,31)/p+2/t20-/m0/s1. The second kappa shape index (κ2) is 10.1. The van der Waals surface area contributed by atoms with Gasteiger partial charge in [-0.15, -0.1) is 0 Å². The van der Waals surface area contributed by atoms with E-state index in [1.807, 2.05) is 6.92 Å². The van der Waals surface area contributed by atoms with Crippen molar-refractivity contribution in [3.63, 3.8) is 0 Å². The lowest BCUT2D eigenvalue weighted by Gasteiger charge is -2.12. The summed E-state index contributed by atoms with van der Waals surface area (Å²) in [5.41, 5.74) is 9.14. The fourth-order valence-corrected chi connectivity index (χ4v) is 4.61. The molecule has 10 nitrogen and oxygen atoms in total. The highest BCUT2D eigenvalue weighted by atomic mass is 32.2. The number of unbranched alkanes of at least 4 members (excludes halogenated alkanes) is 1. The molecule has 1 atom stereocenters. The molecule has 0 bridgehead atoms. The number of carbonyl (C=O) groups excluding carboxylic acids is 1. The van der Waals surface area contributed by atoms with Gasteiger partial charge in [0.05, 0.1) is 17.1 Å². The predicted octanol–water partition coefficient (Wildman–Crippen LogP) is 1.97. The smallest absolute Gasteiger partial charge is 0.285 e. The van der Waals surface area contributed by atoms with E-state index in [2.05, 4.69) is 31.6 Å². The molecule has 0 radical (unpaired) electrons. The average molecular weight is 501 g/mol. The summed E-state index contributed by atoms with van der Waals surface area (Å²) >= 11 is 0. The van der Waals surface area contributed by atoms with E-state index in [0.717, 1.165) is 38.6 Å². The number of hydrogen-bond acceptors (Lipinski definition) is 6. The van der Waals surface area contributed by atoms with E-state index >= 15 is 0 Å². The van der Waals surface area contributed by atoms with Gasteiger partial charge < -0.3 is 21.3 Å². The van der Waals surface area contributed by atoms with Crippen LogP contribution in [0.2, 0.25) is 0 Å². The normalized spacial score (nSPS) is 15.4. The highest BCUT2D eigenvalue weighted by Gasteiger charge is 2.44. The van der Waals surface area contributed by atoms with Crippen LogP contribution in [0.5, 0.6) is 0 Å². The van der Waals surface area contributed by atoms with E-state index in [0.29, 0.717) is 28.7 Å². The first-order valence-electron chi connectivity index (χ1n) is 11.7. The molecule has 1 saturated carbocycles. The lowest BCUT2D eigenvalue weighted by Crippen LogP contribution is -2.54. The molecule has 3 aromatic rings. The van der Waals surface area contributed by atoms with E-state index in [4.69, 9.17) is 4.52 Å². The fraction of sp³-hybridized carbons (Fsp3) is 0.375. The first-order valence-corrected chi connectivity index (χ1v) is 13.2. The van der Waals surface area contributed by atoms with Crippen molar-refractivity contribution in [1.29, 1.82) is 0 Å². The molecule has 1 heterocycles. The Balaban J connectivity index is 1.42. The molecule has 1 aromatic heterocycles. The van der Waals surface area contributed by atoms with Crippen LogP contribution in [0.25, 0.3) is 11.4 Å². The number of nitrogens with zero attached hydrogens (tertiary/aromatic N) is 2. The molecule has 2 aromatic carbocycles. The molecule has 35 heavy (non-hydrogen) atoms. The van der Waals surface area contributed by atoms with Crippen LogP contribution in [0, 0.1) is 5.41 Å². The minimum atomic E-state index is -3.84. The molecule has 1 fully saturated rings. The van der Waals surface area contributed by atoms with Gasteiger partial charge in [-0.2, -0.15) is 4.98 Å². The van der Waals surface area contributed by atoms with Crippen LogP contribution in [-0.4, -0.2) is 31.0 Å². The average Bonchev–Trinajstić information content (AvgIpc) is 3.39. The maximum absolute atomic E-state index is 12.9. The number of quaternary nitrogens is 2. The highest BCUT2D eigenvalue weighted by Crippen LogP contribution is 2.45. The van der Waals surface area contributed by atoms with E-state index < -0.39 is 10.0 Å². The highest BCUT2D eigenvalue weighted by molar-refractivity contribution is 7.92. The van der Waals surface area contributed by atoms with Crippen molar-refractivity contribution in [3.8, 4) is 11.4 Å². The van der Waals surface area contributed by atoms with Crippen molar-refractivity contribution in [2.75, 3.05) is 16.6 Å². The van der Waals surface area contributed by atoms with Crippen LogP contribution >= 0.6 is 0 Å². The molecular weight excluding hydrogens is 468 g/mol. The van der Waals surface area contributed by atoms with Crippen molar-refractivity contribution < 1.29 is 29.2 Å². The Morgan fingerprint density at radius 1 is 1.14 bits per heavy atom. The van der Waals surface area contributed by atoms with Crippen LogP contribution in [0.4, 0.5) is 11.4 Å². The number of aromatic nitrogens is 2. The second-order valence-electron chi connectivity index (χ2n) is 9.23. The van der Waals surface area contributed by atoms with Gasteiger partial charge >= 0.3 is 0 Å². The van der Waals surface area contributed by atoms with Gasteiger partial charge in [-0.25, -0.2) is 8.42 Å². The van der Waals surface area contributed by atoms with Gasteiger partial charge in [0.1, 0.15) is 0 Å². The molecular formula is C24H32N6O4S+2. The van der Waals surface area contributed by atoms with Gasteiger partial charge in [0.15, 0.2) is 6.04 Å². The Hall–Kier alpha value is -3.28. The summed E-state index contributed by atoms with van der Waals surface area (Å²) in [4.78, 5) is 16.8. The summed E-state index contributed by atoms with van der Waals surface area (Å²) in [6.07, 6.45) is 4.57. The number of hydrogen-bond donors (Lipinski definition) is 4. The number of benzene rings is 2. The molecule has 0 saturated heterocycles. The van der Waals surface area contributed by atoms with Gasteiger partial charge in [-0.1, -0.05) is 18.1 Å². The number of nitrogens with one attached hydrogen (secondary N) is 2. The topological polar surface area (TPSA) is 169 Å². The van der Waals surface area contributed by atoms with Crippen LogP contribution in [0.15, 0.2) is 57.9 Å². The van der Waals surface area contributed by atoms with Crippen LogP contribution < -0.4 is 21.5 Å². The summed E-state index contributed by atoms with van der Waals surface area (Å²) in [6, 6.07) is 12.8. The SMILES string of the molecule is CC1(C(=O)Nc2cccc(NS(=O)(=O)c3ccc(-c4noc([C@@H]([NH3+])CCCC[NH3+])n4)cc3)c2)CC1. The third kappa shape index (κ3) is 6.05. The second-order valence-corrected chi connectivity index (χ2v) is 10.9. The minimum Gasteiger partial charge on any atom is -0.358 e. The third-order valence-corrected chi connectivity index (χ3v) is 7.58. The number of amides is 1. The van der Waals surface area contributed by atoms with Crippen LogP contribution in [0.3, 0.4) is 0 Å². The molecule has 0 spiro atoms. The Bertz CT molecular complexity index is 1290. The van der Waals surface area contributed by atoms with E-state index in [9.17, 15) is 13.2 Å². The van der Waals surface area contributed by atoms with Gasteiger partial charge in [0.25, 0.3) is 15.9 Å². The molecule has 4 rings (SSSR count). The largest absolute Gasteiger partial charge is 0.358 e. The fourth-order valence-electron chi connectivity index (χ4n) is 3.56. The number of rotatable bonds is 11. The molecule has 0 aliphatic heterocycles. The number of carbonyl (C=O) groups is 1. The maximum Gasteiger partial charge on any atom is 0.285 e. The van der Waals surface area contributed by atoms with Gasteiger partial charge in [0, 0.05) is 23.1 Å². The van der Waals surface area contributed by atoms with E-state index in [1.165, 1.54) is 12.1 Å². The third-order valence-electron chi connectivity index (χ3n) is 6.19. The quantitative estimate of drug-likeness (QED) is 0.293. The van der Waals surface area contributed by atoms with Crippen molar-refractivity contribution in [1.82, 2.24) is 10.1 Å². The molecule has 1 amide bonds. The first-order chi connectivity index (χ1) is 16.7. The molecule has 186 valence electrons. The van der Waals surface area contributed by atoms with Crippen LogP contribution in [0.1, 0.15) is 51.0 Å². The van der Waals surface area contributed by atoms with Crippen molar-refractivity contribution in [2.24, 2.45) is 5.41 Å². The molecule has 11 heteroatoms. The monoisotopic (exact) mass is 500 g/mol.